The van der Waals surface area contributed by atoms with E-state index in [1.54, 1.807) is 56.0 Å². The molecule has 11 heteroatoms. The normalized spacial score (nSPS) is 19.3. The molecule has 2 heterocycles. The van der Waals surface area contributed by atoms with Crippen molar-refractivity contribution in [1.29, 1.82) is 0 Å². The molecule has 2 N–H and O–H groups in total. The molecule has 0 saturated carbocycles. The maximum atomic E-state index is 13.0. The predicted octanol–water partition coefficient (Wildman–Crippen LogP) is 2.79. The number of benzene rings is 1. The molecule has 0 radical (unpaired) electrons. The minimum absolute atomic E-state index is 0.0323. The van der Waals surface area contributed by atoms with Crippen LogP contribution >= 0.6 is 23.4 Å². The molecule has 2 aliphatic rings. The van der Waals surface area contributed by atoms with E-state index in [0.717, 1.165) is 0 Å². The number of hydrogen-bond acceptors (Lipinski definition) is 7. The van der Waals surface area contributed by atoms with Crippen molar-refractivity contribution in [2.24, 2.45) is 0 Å². The number of nitrogens with one attached hydrogen (secondary N) is 2. The summed E-state index contributed by atoms with van der Waals surface area (Å²) < 4.78 is 11.0. The predicted molar refractivity (Wildman–Crippen MR) is 131 cm³/mol. The molecule has 2 atom stereocenters. The Morgan fingerprint density at radius 2 is 1.97 bits per heavy atom. The molecule has 1 saturated heterocycles. The zero-order chi connectivity index (χ0) is 24.9. The molecule has 9 nitrogen and oxygen atoms in total. The summed E-state index contributed by atoms with van der Waals surface area (Å²) >= 11 is 7.15. The van der Waals surface area contributed by atoms with Crippen LogP contribution in [0.25, 0.3) is 0 Å². The van der Waals surface area contributed by atoms with Gasteiger partial charge in [0, 0.05) is 17.9 Å². The number of anilines is 2. The second-order valence-corrected chi connectivity index (χ2v) is 10.7. The van der Waals surface area contributed by atoms with Gasteiger partial charge in [0.2, 0.25) is 11.8 Å². The van der Waals surface area contributed by atoms with Gasteiger partial charge in [-0.2, -0.15) is 0 Å². The van der Waals surface area contributed by atoms with Crippen LogP contribution in [0.5, 0.6) is 0 Å². The van der Waals surface area contributed by atoms with Crippen LogP contribution in [0.3, 0.4) is 0 Å². The fourth-order valence-electron chi connectivity index (χ4n) is 3.36. The van der Waals surface area contributed by atoms with E-state index in [0.29, 0.717) is 35.3 Å². The quantitative estimate of drug-likeness (QED) is 0.543. The number of morpholine rings is 1. The van der Waals surface area contributed by atoms with E-state index in [-0.39, 0.29) is 24.8 Å². The van der Waals surface area contributed by atoms with Crippen LogP contribution in [0.15, 0.2) is 34.7 Å². The van der Waals surface area contributed by atoms with Gasteiger partial charge in [0.15, 0.2) is 0 Å². The van der Waals surface area contributed by atoms with Crippen LogP contribution in [0.1, 0.15) is 33.6 Å². The first-order valence-electron chi connectivity index (χ1n) is 10.9. The van der Waals surface area contributed by atoms with E-state index in [4.69, 9.17) is 21.1 Å². The molecule has 1 fully saturated rings. The van der Waals surface area contributed by atoms with E-state index in [9.17, 15) is 19.2 Å². The third-order valence-electron chi connectivity index (χ3n) is 4.90. The maximum Gasteiger partial charge on any atom is 0.308 e. The highest BCUT2D eigenvalue weighted by atomic mass is 35.5. The average molecular weight is 510 g/mol. The van der Waals surface area contributed by atoms with Gasteiger partial charge in [-0.1, -0.05) is 17.7 Å². The summed E-state index contributed by atoms with van der Waals surface area (Å²) in [6.45, 7) is 6.11. The summed E-state index contributed by atoms with van der Waals surface area (Å²) in [6, 6.07) is 5.59. The molecular formula is C23H28ClN3O6S. The Morgan fingerprint density at radius 3 is 2.56 bits per heavy atom. The fraction of sp³-hybridized carbons (Fsp3) is 0.478. The monoisotopic (exact) mass is 509 g/mol. The number of rotatable bonds is 7. The van der Waals surface area contributed by atoms with Crippen LogP contribution in [0.2, 0.25) is 0 Å². The van der Waals surface area contributed by atoms with Gasteiger partial charge in [0.25, 0.3) is 5.91 Å². The van der Waals surface area contributed by atoms with Gasteiger partial charge in [-0.15, -0.1) is 11.8 Å². The van der Waals surface area contributed by atoms with E-state index in [2.05, 4.69) is 10.6 Å². The molecule has 34 heavy (non-hydrogen) atoms. The number of nitrogens with zero attached hydrogens (tertiary/aromatic N) is 1. The minimum Gasteiger partial charge on any atom is -0.460 e. The Morgan fingerprint density at radius 1 is 1.26 bits per heavy atom. The Kier molecular flexibility index (Phi) is 8.62. The topological polar surface area (TPSA) is 114 Å². The van der Waals surface area contributed by atoms with E-state index in [1.807, 2.05) is 0 Å². The Hall–Kier alpha value is -2.56. The third-order valence-corrected chi connectivity index (χ3v) is 6.40. The summed E-state index contributed by atoms with van der Waals surface area (Å²) in [5, 5.41) is 4.91. The van der Waals surface area contributed by atoms with Crippen molar-refractivity contribution < 1.29 is 28.7 Å². The molecule has 0 aliphatic carbocycles. The average Bonchev–Trinajstić information content (AvgIpc) is 3.19. The lowest BCUT2D eigenvalue weighted by Gasteiger charge is -2.27. The summed E-state index contributed by atoms with van der Waals surface area (Å²) in [6.07, 6.45) is 1.85. The van der Waals surface area contributed by atoms with Gasteiger partial charge in [0.1, 0.15) is 18.2 Å². The number of thioether (sulfide) groups is 1. The Bertz CT molecular complexity index is 976. The summed E-state index contributed by atoms with van der Waals surface area (Å²) in [5.41, 5.74) is 0.415. The van der Waals surface area contributed by atoms with Crippen LogP contribution in [0.4, 0.5) is 11.4 Å². The highest BCUT2D eigenvalue weighted by molar-refractivity contribution is 8.06. The van der Waals surface area contributed by atoms with Crippen molar-refractivity contribution in [1.82, 2.24) is 5.32 Å². The van der Waals surface area contributed by atoms with Crippen molar-refractivity contribution in [2.45, 2.75) is 50.5 Å². The largest absolute Gasteiger partial charge is 0.460 e. The Balaban J connectivity index is 1.67. The lowest BCUT2D eigenvalue weighted by Crippen LogP contribution is -2.48. The lowest BCUT2D eigenvalue weighted by atomic mass is 10.1. The van der Waals surface area contributed by atoms with E-state index < -0.39 is 28.8 Å². The number of halogens is 1. The number of amides is 3. The van der Waals surface area contributed by atoms with Gasteiger partial charge in [-0.25, -0.2) is 0 Å². The smallest absolute Gasteiger partial charge is 0.308 e. The second-order valence-electron chi connectivity index (χ2n) is 8.84. The van der Waals surface area contributed by atoms with Crippen molar-refractivity contribution >= 4 is 58.4 Å². The van der Waals surface area contributed by atoms with Crippen molar-refractivity contribution in [3.05, 3.63) is 34.7 Å². The minimum atomic E-state index is -1.14. The molecule has 1 aromatic rings. The summed E-state index contributed by atoms with van der Waals surface area (Å²) in [4.78, 5) is 51.7. The van der Waals surface area contributed by atoms with Gasteiger partial charge in [-0.3, -0.25) is 19.2 Å². The van der Waals surface area contributed by atoms with E-state index in [1.165, 1.54) is 11.8 Å². The fourth-order valence-corrected chi connectivity index (χ4v) is 4.60. The number of hydrogen-bond donors (Lipinski definition) is 2. The SMILES string of the molecule is CC(C)(C)OC(=O)C[C@@H](NC(=O)C1CC=C(Cl)S1)C(=O)Nc1ccc(N2CCOCC2=O)cc1. The highest BCUT2D eigenvalue weighted by Gasteiger charge is 2.31. The first-order chi connectivity index (χ1) is 16.0. The molecule has 184 valence electrons. The molecule has 1 aromatic carbocycles. The van der Waals surface area contributed by atoms with Crippen LogP contribution in [0, 0.1) is 0 Å². The zero-order valence-corrected chi connectivity index (χ0v) is 20.8. The number of carbonyl (C=O) groups excluding carboxylic acids is 4. The summed E-state index contributed by atoms with van der Waals surface area (Å²) in [5.74, 6) is -1.69. The first kappa shape index (κ1) is 26.1. The van der Waals surface area contributed by atoms with Crippen LogP contribution < -0.4 is 15.5 Å². The molecular weight excluding hydrogens is 482 g/mol. The Labute approximate surface area is 207 Å². The van der Waals surface area contributed by atoms with Gasteiger partial charge < -0.3 is 25.0 Å². The highest BCUT2D eigenvalue weighted by Crippen LogP contribution is 2.34. The van der Waals surface area contributed by atoms with Crippen LogP contribution in [-0.4, -0.2) is 60.3 Å². The summed E-state index contributed by atoms with van der Waals surface area (Å²) in [7, 11) is 0. The van der Waals surface area contributed by atoms with Crippen LogP contribution in [-0.2, 0) is 28.7 Å². The molecule has 2 aliphatic heterocycles. The third kappa shape index (κ3) is 7.48. The number of allylic oxidation sites excluding steroid dienone is 1. The molecule has 3 rings (SSSR count). The second kappa shape index (κ2) is 11.2. The first-order valence-corrected chi connectivity index (χ1v) is 12.1. The molecule has 0 spiro atoms. The van der Waals surface area contributed by atoms with Gasteiger partial charge >= 0.3 is 5.97 Å². The zero-order valence-electron chi connectivity index (χ0n) is 19.3. The molecule has 1 unspecified atom stereocenters. The maximum absolute atomic E-state index is 13.0. The van der Waals surface area contributed by atoms with Gasteiger partial charge in [-0.05, 0) is 51.5 Å². The van der Waals surface area contributed by atoms with Gasteiger partial charge in [0.05, 0.1) is 22.6 Å². The van der Waals surface area contributed by atoms with Crippen molar-refractivity contribution in [3.63, 3.8) is 0 Å². The molecule has 3 amide bonds. The lowest BCUT2D eigenvalue weighted by molar-refractivity contribution is -0.156. The molecule has 0 bridgehead atoms. The van der Waals surface area contributed by atoms with Crippen molar-refractivity contribution in [2.75, 3.05) is 30.0 Å². The number of carbonyl (C=O) groups is 4. The number of ether oxygens (including phenoxy) is 2. The molecule has 0 aromatic heterocycles. The standard InChI is InChI=1S/C23H28ClN3O6S/c1-23(2,3)33-20(29)12-16(26-22(31)17-8-9-18(24)34-17)21(30)25-14-4-6-15(7-5-14)27-10-11-32-13-19(27)28/h4-7,9,16-17H,8,10-13H2,1-3H3,(H,25,30)(H,26,31)/t16-,17?/m1/s1. The van der Waals surface area contributed by atoms with Crippen molar-refractivity contribution in [3.8, 4) is 0 Å². The van der Waals surface area contributed by atoms with E-state index >= 15 is 0 Å². The number of esters is 1.